The number of aromatic hydroxyl groups is 3. The van der Waals surface area contributed by atoms with Crippen LogP contribution in [0.4, 0.5) is 0 Å². The quantitative estimate of drug-likeness (QED) is 0.137. The van der Waals surface area contributed by atoms with E-state index in [1.165, 1.54) is 0 Å². The van der Waals surface area contributed by atoms with Crippen LogP contribution in [0.3, 0.4) is 0 Å². The lowest BCUT2D eigenvalue weighted by atomic mass is 9.76. The first-order chi connectivity index (χ1) is 21.7. The van der Waals surface area contributed by atoms with Gasteiger partial charge in [0.15, 0.2) is 5.78 Å². The summed E-state index contributed by atoms with van der Waals surface area (Å²) >= 11 is 0. The van der Waals surface area contributed by atoms with Crippen LogP contribution in [0.15, 0.2) is 131 Å². The molecule has 0 amide bonds. The fourth-order valence-electron chi connectivity index (χ4n) is 5.75. The molecule has 4 aromatic carbocycles. The summed E-state index contributed by atoms with van der Waals surface area (Å²) in [6, 6.07) is 26.8. The number of hydrogen-bond acceptors (Lipinski definition) is 8. The first-order valence-corrected chi connectivity index (χ1v) is 14.2. The van der Waals surface area contributed by atoms with Gasteiger partial charge in [-0.25, -0.2) is 0 Å². The molecule has 0 radical (unpaired) electrons. The highest BCUT2D eigenvalue weighted by Crippen LogP contribution is 2.52. The first-order valence-electron chi connectivity index (χ1n) is 14.2. The Kier molecular flexibility index (Phi) is 7.48. The van der Waals surface area contributed by atoms with Gasteiger partial charge >= 0.3 is 0 Å². The predicted molar refractivity (Wildman–Crippen MR) is 167 cm³/mol. The number of carbonyl (C=O) groups is 2. The number of allylic oxidation sites excluding steroid dienone is 4. The molecule has 6 N–H and O–H groups in total. The van der Waals surface area contributed by atoms with Gasteiger partial charge in [0.25, 0.3) is 0 Å². The van der Waals surface area contributed by atoms with Gasteiger partial charge in [-0.3, -0.25) is 9.59 Å². The molecule has 0 saturated carbocycles. The van der Waals surface area contributed by atoms with Gasteiger partial charge in [-0.1, -0.05) is 91.0 Å². The van der Waals surface area contributed by atoms with Crippen LogP contribution in [0.25, 0.3) is 5.57 Å². The number of Topliss-reactive ketones (excluding diaryl/α,β-unsaturated/α-hetero) is 1. The minimum absolute atomic E-state index is 0.00280. The molecule has 6 rings (SSSR count). The topological polar surface area (TPSA) is 156 Å². The van der Waals surface area contributed by atoms with Gasteiger partial charge in [-0.2, -0.15) is 0 Å². The van der Waals surface area contributed by atoms with Crippen LogP contribution in [0, 0.1) is 0 Å². The molecular weight excluding hydrogens is 572 g/mol. The van der Waals surface area contributed by atoms with Gasteiger partial charge in [0.1, 0.15) is 34.5 Å². The fourth-order valence-corrected chi connectivity index (χ4v) is 5.75. The van der Waals surface area contributed by atoms with Gasteiger partial charge in [-0.15, -0.1) is 0 Å². The number of ketones is 2. The Bertz CT molecular complexity index is 1910. The van der Waals surface area contributed by atoms with Crippen LogP contribution in [0.2, 0.25) is 0 Å². The molecule has 0 spiro atoms. The second kappa shape index (κ2) is 11.6. The van der Waals surface area contributed by atoms with Crippen LogP contribution in [0.5, 0.6) is 17.2 Å². The van der Waals surface area contributed by atoms with Crippen LogP contribution in [-0.2, 0) is 28.9 Å². The van der Waals surface area contributed by atoms with E-state index in [1.54, 1.807) is 78.9 Å². The minimum atomic E-state index is -0.893. The molecule has 45 heavy (non-hydrogen) atoms. The summed E-state index contributed by atoms with van der Waals surface area (Å²) in [5.41, 5.74) is 0.389. The maximum atomic E-state index is 13.7. The van der Waals surface area contributed by atoms with Crippen molar-refractivity contribution in [2.75, 3.05) is 0 Å². The molecule has 224 valence electrons. The van der Waals surface area contributed by atoms with Crippen molar-refractivity contribution >= 4 is 17.1 Å². The van der Waals surface area contributed by atoms with E-state index in [4.69, 9.17) is 0 Å². The molecule has 2 aliphatic rings. The average molecular weight is 601 g/mol. The lowest BCUT2D eigenvalue weighted by Gasteiger charge is -2.28. The van der Waals surface area contributed by atoms with Crippen molar-refractivity contribution in [3.8, 4) is 17.2 Å². The van der Waals surface area contributed by atoms with Crippen molar-refractivity contribution in [1.29, 1.82) is 0 Å². The summed E-state index contributed by atoms with van der Waals surface area (Å²) in [6.07, 6.45) is 0.955. The molecule has 4 aromatic rings. The summed E-state index contributed by atoms with van der Waals surface area (Å²) in [6.45, 7) is 0. The lowest BCUT2D eigenvalue weighted by Crippen LogP contribution is -2.26. The number of aliphatic hydroxyl groups excluding tert-OH is 3. The molecule has 8 nitrogen and oxygen atoms in total. The van der Waals surface area contributed by atoms with Gasteiger partial charge in [0.2, 0.25) is 5.78 Å². The highest BCUT2D eigenvalue weighted by atomic mass is 16.3. The van der Waals surface area contributed by atoms with Gasteiger partial charge in [-0.05, 0) is 16.7 Å². The van der Waals surface area contributed by atoms with Gasteiger partial charge < -0.3 is 30.6 Å². The number of carbonyl (C=O) groups excluding carboxylic acids is 2. The first kappa shape index (κ1) is 29.1. The van der Waals surface area contributed by atoms with Crippen LogP contribution in [-0.4, -0.2) is 42.2 Å². The van der Waals surface area contributed by atoms with Gasteiger partial charge in [0.05, 0.1) is 22.3 Å². The molecule has 0 unspecified atom stereocenters. The van der Waals surface area contributed by atoms with E-state index < -0.39 is 57.1 Å². The molecule has 0 bridgehead atoms. The van der Waals surface area contributed by atoms with E-state index in [-0.39, 0.29) is 47.3 Å². The Morgan fingerprint density at radius 1 is 0.467 bits per heavy atom. The normalized spacial score (nSPS) is 16.6. The number of rotatable bonds is 7. The summed E-state index contributed by atoms with van der Waals surface area (Å²) in [4.78, 5) is 26.4. The molecule has 0 aromatic heterocycles. The van der Waals surface area contributed by atoms with Crippen molar-refractivity contribution in [3.05, 3.63) is 164 Å². The number of aliphatic hydroxyl groups is 3. The summed E-state index contributed by atoms with van der Waals surface area (Å²) in [5.74, 6) is -5.19. The maximum Gasteiger partial charge on any atom is 0.202 e. The van der Waals surface area contributed by atoms with Crippen molar-refractivity contribution in [2.45, 2.75) is 19.3 Å². The lowest BCUT2D eigenvalue weighted by molar-refractivity contribution is -0.113. The molecule has 0 saturated heterocycles. The molecule has 8 heteroatoms. The molecule has 0 atom stereocenters. The highest BCUT2D eigenvalue weighted by molar-refractivity contribution is 6.40. The number of phenolic OH excluding ortho intramolecular Hbond substituents is 3. The number of benzene rings is 4. The van der Waals surface area contributed by atoms with Crippen molar-refractivity contribution < 1.29 is 40.2 Å². The SMILES string of the molecule is O=C1C=C(O)/C(=C2/C(=O)C(c3c(O)c(Cc4ccccc4)c(O)c(Cc4ccccc4)c3O)=C2O)C(O)=C1Cc1ccccc1. The third kappa shape index (κ3) is 5.12. The van der Waals surface area contributed by atoms with E-state index in [0.717, 1.165) is 17.2 Å². The highest BCUT2D eigenvalue weighted by Gasteiger charge is 2.44. The Hall–Kier alpha value is -6.02. The Balaban J connectivity index is 1.52. The zero-order chi connectivity index (χ0) is 31.8. The predicted octanol–water partition coefficient (Wildman–Crippen LogP) is 6.21. The zero-order valence-corrected chi connectivity index (χ0v) is 23.9. The van der Waals surface area contributed by atoms with E-state index >= 15 is 0 Å². The third-order valence-electron chi connectivity index (χ3n) is 8.06. The van der Waals surface area contributed by atoms with Crippen LogP contribution >= 0.6 is 0 Å². The maximum absolute atomic E-state index is 13.7. The van der Waals surface area contributed by atoms with Crippen molar-refractivity contribution in [1.82, 2.24) is 0 Å². The van der Waals surface area contributed by atoms with Crippen LogP contribution in [0.1, 0.15) is 33.4 Å². The van der Waals surface area contributed by atoms with E-state index in [0.29, 0.717) is 5.56 Å². The van der Waals surface area contributed by atoms with Crippen molar-refractivity contribution in [3.63, 3.8) is 0 Å². The monoisotopic (exact) mass is 600 g/mol. The Morgan fingerprint density at radius 3 is 1.36 bits per heavy atom. The largest absolute Gasteiger partial charge is 0.507 e. The molecule has 0 fully saturated rings. The fraction of sp³-hybridized carbons (Fsp3) is 0.0811. The number of hydrogen-bond donors (Lipinski definition) is 6. The molecule has 0 aliphatic heterocycles. The summed E-state index contributed by atoms with van der Waals surface area (Å²) in [7, 11) is 0. The standard InChI is InChI=1S/C37H28O8/c38-26-19-27(39)28(33(41)23(26)16-20-10-4-1-5-11-20)29-36(44)31(37(29)45)30-34(42)24(17-21-12-6-2-7-13-21)32(40)25(35(30)43)18-22-14-8-3-9-15-22/h1-15,19,39-44H,16-18H2/b29-28-. The van der Waals surface area contributed by atoms with E-state index in [1.807, 2.05) is 12.1 Å². The zero-order valence-electron chi connectivity index (χ0n) is 23.9. The molecule has 0 heterocycles. The average Bonchev–Trinajstić information content (AvgIpc) is 3.05. The Morgan fingerprint density at radius 2 is 0.911 bits per heavy atom. The second-order valence-corrected chi connectivity index (χ2v) is 10.9. The van der Waals surface area contributed by atoms with E-state index in [2.05, 4.69) is 0 Å². The van der Waals surface area contributed by atoms with E-state index in [9.17, 15) is 40.2 Å². The smallest absolute Gasteiger partial charge is 0.202 e. The summed E-state index contributed by atoms with van der Waals surface area (Å²) < 4.78 is 0. The minimum Gasteiger partial charge on any atom is -0.507 e. The molecular formula is C37H28O8. The van der Waals surface area contributed by atoms with Crippen molar-refractivity contribution in [2.24, 2.45) is 0 Å². The Labute approximate surface area is 258 Å². The summed E-state index contributed by atoms with van der Waals surface area (Å²) in [5, 5.41) is 67.1. The van der Waals surface area contributed by atoms with Gasteiger partial charge in [0, 0.05) is 42.0 Å². The third-order valence-corrected chi connectivity index (χ3v) is 8.06. The van der Waals surface area contributed by atoms with Crippen LogP contribution < -0.4 is 0 Å². The number of phenols is 3. The molecule has 2 aliphatic carbocycles. The second-order valence-electron chi connectivity index (χ2n) is 10.9.